The summed E-state index contributed by atoms with van der Waals surface area (Å²) in [5.74, 6) is 0.909. The van der Waals surface area contributed by atoms with Crippen LogP contribution in [-0.4, -0.2) is 38.1 Å². The Hall–Kier alpha value is -0.860. The van der Waals surface area contributed by atoms with Gasteiger partial charge in [0.15, 0.2) is 0 Å². The van der Waals surface area contributed by atoms with Crippen molar-refractivity contribution in [2.24, 2.45) is 5.92 Å². The van der Waals surface area contributed by atoms with Gasteiger partial charge in [0.1, 0.15) is 0 Å². The molecule has 1 heterocycles. The Balaban J connectivity index is 1.64. The maximum Gasteiger partial charge on any atom is 0.00188 e. The molecule has 2 rings (SSSR count). The third-order valence-electron chi connectivity index (χ3n) is 3.98. The van der Waals surface area contributed by atoms with Crippen LogP contribution in [0.3, 0.4) is 0 Å². The number of likely N-dealkylation sites (N-methyl/N-ethyl adjacent to an activating group) is 1. The molecule has 1 unspecified atom stereocenters. The molecule has 1 saturated heterocycles. The molecule has 2 nitrogen and oxygen atoms in total. The predicted molar refractivity (Wildman–Crippen MR) is 78.0 cm³/mol. The monoisotopic (exact) mass is 246 g/mol. The maximum absolute atomic E-state index is 3.44. The number of benzene rings is 1. The largest absolute Gasteiger partial charge is 0.316 e. The number of hydrogen-bond donors (Lipinski definition) is 1. The SMILES string of the molecule is Cc1ccc(CCN(C)CCC2CCNC2)cc1. The summed E-state index contributed by atoms with van der Waals surface area (Å²) in [5, 5.41) is 3.44. The second-order valence-electron chi connectivity index (χ2n) is 5.69. The second-order valence-corrected chi connectivity index (χ2v) is 5.69. The van der Waals surface area contributed by atoms with Gasteiger partial charge in [0.2, 0.25) is 0 Å². The minimum atomic E-state index is 0.909. The Labute approximate surface area is 111 Å². The zero-order valence-electron chi connectivity index (χ0n) is 11.8. The van der Waals surface area contributed by atoms with Gasteiger partial charge in [-0.3, -0.25) is 0 Å². The average molecular weight is 246 g/mol. The van der Waals surface area contributed by atoms with Crippen LogP contribution in [0.1, 0.15) is 24.0 Å². The standard InChI is InChI=1S/C16H26N2/c1-14-3-5-15(6-4-14)8-11-18(2)12-9-16-7-10-17-13-16/h3-6,16-17H,7-13H2,1-2H3. The van der Waals surface area contributed by atoms with Gasteiger partial charge in [-0.2, -0.15) is 0 Å². The number of aryl methyl sites for hydroxylation is 1. The lowest BCUT2D eigenvalue weighted by Crippen LogP contribution is -2.24. The third-order valence-corrected chi connectivity index (χ3v) is 3.98. The van der Waals surface area contributed by atoms with Gasteiger partial charge in [-0.1, -0.05) is 29.8 Å². The normalized spacial score (nSPS) is 19.6. The summed E-state index contributed by atoms with van der Waals surface area (Å²) in [7, 11) is 2.25. The van der Waals surface area contributed by atoms with Crippen molar-refractivity contribution in [2.75, 3.05) is 33.2 Å². The van der Waals surface area contributed by atoms with Gasteiger partial charge in [0.05, 0.1) is 0 Å². The van der Waals surface area contributed by atoms with E-state index in [0.717, 1.165) is 5.92 Å². The van der Waals surface area contributed by atoms with Crippen LogP contribution in [0, 0.1) is 12.8 Å². The highest BCUT2D eigenvalue weighted by Gasteiger charge is 2.14. The molecule has 1 fully saturated rings. The molecule has 1 N–H and O–H groups in total. The number of nitrogens with one attached hydrogen (secondary N) is 1. The fraction of sp³-hybridized carbons (Fsp3) is 0.625. The van der Waals surface area contributed by atoms with Gasteiger partial charge in [-0.25, -0.2) is 0 Å². The van der Waals surface area contributed by atoms with Crippen LogP contribution in [0.2, 0.25) is 0 Å². The van der Waals surface area contributed by atoms with E-state index < -0.39 is 0 Å². The van der Waals surface area contributed by atoms with E-state index >= 15 is 0 Å². The third kappa shape index (κ3) is 4.43. The minimum absolute atomic E-state index is 0.909. The molecule has 2 heteroatoms. The van der Waals surface area contributed by atoms with Crippen molar-refractivity contribution in [1.29, 1.82) is 0 Å². The molecule has 0 spiro atoms. The van der Waals surface area contributed by atoms with Gasteiger partial charge in [-0.15, -0.1) is 0 Å². The molecular weight excluding hydrogens is 220 g/mol. The van der Waals surface area contributed by atoms with Crippen molar-refractivity contribution in [3.05, 3.63) is 35.4 Å². The first-order chi connectivity index (χ1) is 8.74. The lowest BCUT2D eigenvalue weighted by Gasteiger charge is -2.18. The fourth-order valence-corrected chi connectivity index (χ4v) is 2.55. The molecule has 1 aliphatic rings. The minimum Gasteiger partial charge on any atom is -0.316 e. The van der Waals surface area contributed by atoms with Crippen LogP contribution >= 0.6 is 0 Å². The summed E-state index contributed by atoms with van der Waals surface area (Å²) in [6.07, 6.45) is 3.88. The highest BCUT2D eigenvalue weighted by Crippen LogP contribution is 2.12. The van der Waals surface area contributed by atoms with Crippen molar-refractivity contribution in [3.8, 4) is 0 Å². The molecule has 1 aromatic carbocycles. The number of nitrogens with zero attached hydrogens (tertiary/aromatic N) is 1. The molecule has 0 radical (unpaired) electrons. The van der Waals surface area contributed by atoms with E-state index in [0.29, 0.717) is 0 Å². The molecule has 1 atom stereocenters. The fourth-order valence-electron chi connectivity index (χ4n) is 2.55. The van der Waals surface area contributed by atoms with Crippen molar-refractivity contribution in [1.82, 2.24) is 10.2 Å². The van der Waals surface area contributed by atoms with Crippen LogP contribution in [-0.2, 0) is 6.42 Å². The molecule has 1 aromatic rings. The Morgan fingerprint density at radius 2 is 2.00 bits per heavy atom. The Morgan fingerprint density at radius 3 is 2.67 bits per heavy atom. The maximum atomic E-state index is 3.44. The molecule has 18 heavy (non-hydrogen) atoms. The first-order valence-electron chi connectivity index (χ1n) is 7.19. The van der Waals surface area contributed by atoms with E-state index in [4.69, 9.17) is 0 Å². The van der Waals surface area contributed by atoms with E-state index in [1.807, 2.05) is 0 Å². The van der Waals surface area contributed by atoms with E-state index in [1.165, 1.54) is 56.6 Å². The topological polar surface area (TPSA) is 15.3 Å². The summed E-state index contributed by atoms with van der Waals surface area (Å²) in [6.45, 7) is 7.00. The lowest BCUT2D eigenvalue weighted by atomic mass is 10.0. The molecule has 1 aliphatic heterocycles. The predicted octanol–water partition coefficient (Wildman–Crippen LogP) is 2.47. The van der Waals surface area contributed by atoms with Crippen LogP contribution < -0.4 is 5.32 Å². The highest BCUT2D eigenvalue weighted by molar-refractivity contribution is 5.21. The Kier molecular flexibility index (Phi) is 5.21. The highest BCUT2D eigenvalue weighted by atomic mass is 15.1. The van der Waals surface area contributed by atoms with Crippen LogP contribution in [0.4, 0.5) is 0 Å². The quantitative estimate of drug-likeness (QED) is 0.829. The summed E-state index contributed by atoms with van der Waals surface area (Å²) >= 11 is 0. The van der Waals surface area contributed by atoms with Gasteiger partial charge in [0.25, 0.3) is 0 Å². The number of hydrogen-bond acceptors (Lipinski definition) is 2. The lowest BCUT2D eigenvalue weighted by molar-refractivity contribution is 0.308. The van der Waals surface area contributed by atoms with Gasteiger partial charge < -0.3 is 10.2 Å². The molecular formula is C16H26N2. The summed E-state index contributed by atoms with van der Waals surface area (Å²) < 4.78 is 0. The van der Waals surface area contributed by atoms with E-state index in [-0.39, 0.29) is 0 Å². The van der Waals surface area contributed by atoms with Gasteiger partial charge in [-0.05, 0) is 64.3 Å². The molecule has 0 aliphatic carbocycles. The molecule has 0 saturated carbocycles. The zero-order valence-corrected chi connectivity index (χ0v) is 11.8. The van der Waals surface area contributed by atoms with Crippen molar-refractivity contribution in [3.63, 3.8) is 0 Å². The van der Waals surface area contributed by atoms with Crippen molar-refractivity contribution in [2.45, 2.75) is 26.2 Å². The van der Waals surface area contributed by atoms with Crippen LogP contribution in [0.15, 0.2) is 24.3 Å². The molecule has 0 bridgehead atoms. The summed E-state index contributed by atoms with van der Waals surface area (Å²) in [5.41, 5.74) is 2.80. The van der Waals surface area contributed by atoms with Crippen LogP contribution in [0.5, 0.6) is 0 Å². The van der Waals surface area contributed by atoms with E-state index in [2.05, 4.69) is 48.5 Å². The van der Waals surface area contributed by atoms with E-state index in [9.17, 15) is 0 Å². The Morgan fingerprint density at radius 1 is 1.22 bits per heavy atom. The summed E-state index contributed by atoms with van der Waals surface area (Å²) in [6, 6.07) is 8.92. The van der Waals surface area contributed by atoms with Crippen molar-refractivity contribution >= 4 is 0 Å². The summed E-state index contributed by atoms with van der Waals surface area (Å²) in [4.78, 5) is 2.47. The first-order valence-corrected chi connectivity index (χ1v) is 7.19. The first kappa shape index (κ1) is 13.6. The Bertz CT molecular complexity index is 339. The average Bonchev–Trinajstić information content (AvgIpc) is 2.89. The van der Waals surface area contributed by atoms with Gasteiger partial charge in [0, 0.05) is 6.54 Å². The molecule has 0 aromatic heterocycles. The number of rotatable bonds is 6. The van der Waals surface area contributed by atoms with Gasteiger partial charge >= 0.3 is 0 Å². The van der Waals surface area contributed by atoms with Crippen molar-refractivity contribution < 1.29 is 0 Å². The smallest absolute Gasteiger partial charge is 0.00188 e. The molecule has 100 valence electrons. The van der Waals surface area contributed by atoms with E-state index in [1.54, 1.807) is 0 Å². The second kappa shape index (κ2) is 6.91. The zero-order chi connectivity index (χ0) is 12.8. The molecule has 0 amide bonds. The van der Waals surface area contributed by atoms with Crippen LogP contribution in [0.25, 0.3) is 0 Å².